The Morgan fingerprint density at radius 1 is 1.38 bits per heavy atom. The van der Waals surface area contributed by atoms with Crippen LogP contribution in [0.25, 0.3) is 0 Å². The first kappa shape index (κ1) is 16.9. The molecule has 10 heteroatoms. The first-order chi connectivity index (χ1) is 9.58. The predicted octanol–water partition coefficient (Wildman–Crippen LogP) is -0.662. The largest absolute Gasteiger partial charge is 0.370 e. The van der Waals surface area contributed by atoms with Crippen LogP contribution in [0, 0.1) is 5.82 Å². The Balaban J connectivity index is 2.88. The lowest BCUT2D eigenvalue weighted by Gasteiger charge is -2.12. The van der Waals surface area contributed by atoms with Crippen molar-refractivity contribution < 1.29 is 22.4 Å². The van der Waals surface area contributed by atoms with Gasteiger partial charge < -0.3 is 16.8 Å². The summed E-state index contributed by atoms with van der Waals surface area (Å²) in [5, 5.41) is 2.33. The number of rotatable bonds is 6. The standard InChI is InChI=1S/C11H15FN4O4S/c1-21(19,20)16-9-4-6(2-3-7(9)12)15-11(18)8(13)5-10(14)17/h2-4,8,16H,5,13H2,1H3,(H2,14,17)(H,15,18). The number of hydrogen-bond acceptors (Lipinski definition) is 5. The molecule has 0 bridgehead atoms. The maximum Gasteiger partial charge on any atom is 0.241 e. The summed E-state index contributed by atoms with van der Waals surface area (Å²) < 4.78 is 37.6. The monoisotopic (exact) mass is 318 g/mol. The zero-order chi connectivity index (χ0) is 16.2. The van der Waals surface area contributed by atoms with Gasteiger partial charge in [-0.25, -0.2) is 12.8 Å². The highest BCUT2D eigenvalue weighted by Crippen LogP contribution is 2.20. The van der Waals surface area contributed by atoms with Crippen LogP contribution in [0.4, 0.5) is 15.8 Å². The van der Waals surface area contributed by atoms with E-state index in [1.54, 1.807) is 0 Å². The fourth-order valence-corrected chi connectivity index (χ4v) is 1.98. The van der Waals surface area contributed by atoms with Crippen molar-refractivity contribution in [2.75, 3.05) is 16.3 Å². The van der Waals surface area contributed by atoms with Crippen molar-refractivity contribution in [2.45, 2.75) is 12.5 Å². The summed E-state index contributed by atoms with van der Waals surface area (Å²) in [6.45, 7) is 0. The van der Waals surface area contributed by atoms with Gasteiger partial charge in [-0.15, -0.1) is 0 Å². The topological polar surface area (TPSA) is 144 Å². The molecule has 1 rings (SSSR count). The van der Waals surface area contributed by atoms with E-state index in [1.807, 2.05) is 4.72 Å². The molecule has 8 nitrogen and oxygen atoms in total. The van der Waals surface area contributed by atoms with Gasteiger partial charge in [-0.05, 0) is 18.2 Å². The van der Waals surface area contributed by atoms with Gasteiger partial charge in [0.1, 0.15) is 5.82 Å². The van der Waals surface area contributed by atoms with Gasteiger partial charge in [0.15, 0.2) is 0 Å². The molecule has 0 aliphatic heterocycles. The quantitative estimate of drug-likeness (QED) is 0.550. The van der Waals surface area contributed by atoms with Gasteiger partial charge in [-0.3, -0.25) is 14.3 Å². The number of carbonyl (C=O) groups is 2. The molecule has 1 atom stereocenters. The second-order valence-corrected chi connectivity index (χ2v) is 6.08. The number of nitrogens with two attached hydrogens (primary N) is 2. The van der Waals surface area contributed by atoms with E-state index in [1.165, 1.54) is 6.07 Å². The lowest BCUT2D eigenvalue weighted by atomic mass is 10.2. The van der Waals surface area contributed by atoms with Crippen molar-refractivity contribution in [3.63, 3.8) is 0 Å². The van der Waals surface area contributed by atoms with Crippen LogP contribution >= 0.6 is 0 Å². The normalized spacial score (nSPS) is 12.5. The second-order valence-electron chi connectivity index (χ2n) is 4.34. The van der Waals surface area contributed by atoms with E-state index in [9.17, 15) is 22.4 Å². The Labute approximate surface area is 120 Å². The second kappa shape index (κ2) is 6.50. The predicted molar refractivity (Wildman–Crippen MR) is 75.3 cm³/mol. The van der Waals surface area contributed by atoms with Crippen molar-refractivity contribution in [3.8, 4) is 0 Å². The summed E-state index contributed by atoms with van der Waals surface area (Å²) in [6, 6.07) is 2.13. The van der Waals surface area contributed by atoms with E-state index in [2.05, 4.69) is 5.32 Å². The van der Waals surface area contributed by atoms with Crippen molar-refractivity contribution in [2.24, 2.45) is 11.5 Å². The fraction of sp³-hybridized carbons (Fsp3) is 0.273. The molecule has 0 fully saturated rings. The van der Waals surface area contributed by atoms with Crippen LogP contribution in [0.1, 0.15) is 6.42 Å². The highest BCUT2D eigenvalue weighted by atomic mass is 32.2. The molecular formula is C11H15FN4O4S. The number of amides is 2. The minimum Gasteiger partial charge on any atom is -0.370 e. The van der Waals surface area contributed by atoms with Gasteiger partial charge in [0, 0.05) is 5.69 Å². The Kier molecular flexibility index (Phi) is 5.22. The molecule has 0 spiro atoms. The average Bonchev–Trinajstić information content (AvgIpc) is 2.30. The molecule has 0 radical (unpaired) electrons. The highest BCUT2D eigenvalue weighted by molar-refractivity contribution is 7.92. The Bertz CT molecular complexity index is 662. The summed E-state index contributed by atoms with van der Waals surface area (Å²) in [5.41, 5.74) is 10.1. The smallest absolute Gasteiger partial charge is 0.241 e. The third-order valence-electron chi connectivity index (χ3n) is 2.29. The van der Waals surface area contributed by atoms with Gasteiger partial charge in [-0.1, -0.05) is 0 Å². The van der Waals surface area contributed by atoms with Crippen molar-refractivity contribution in [3.05, 3.63) is 24.0 Å². The lowest BCUT2D eigenvalue weighted by molar-refractivity contribution is -0.123. The summed E-state index contributed by atoms with van der Waals surface area (Å²) in [4.78, 5) is 22.3. The number of primary amides is 1. The van der Waals surface area contributed by atoms with Crippen LogP contribution in [0.5, 0.6) is 0 Å². The molecule has 2 amide bonds. The zero-order valence-electron chi connectivity index (χ0n) is 11.1. The van der Waals surface area contributed by atoms with Crippen molar-refractivity contribution in [1.29, 1.82) is 0 Å². The maximum absolute atomic E-state index is 13.4. The first-order valence-corrected chi connectivity index (χ1v) is 7.59. The third-order valence-corrected chi connectivity index (χ3v) is 2.88. The molecule has 1 unspecified atom stereocenters. The molecule has 1 aromatic carbocycles. The summed E-state index contributed by atoms with van der Waals surface area (Å²) in [7, 11) is -3.67. The third kappa shape index (κ3) is 5.75. The molecule has 6 N–H and O–H groups in total. The molecule has 21 heavy (non-hydrogen) atoms. The molecule has 1 aromatic rings. The molecule has 0 aliphatic rings. The van der Waals surface area contributed by atoms with Gasteiger partial charge in [0.25, 0.3) is 0 Å². The number of sulfonamides is 1. The molecule has 0 heterocycles. The number of hydrogen-bond donors (Lipinski definition) is 4. The van der Waals surface area contributed by atoms with Crippen molar-refractivity contribution >= 4 is 33.2 Å². The van der Waals surface area contributed by atoms with Crippen LogP contribution in [-0.2, 0) is 19.6 Å². The van der Waals surface area contributed by atoms with E-state index in [0.29, 0.717) is 0 Å². The summed E-state index contributed by atoms with van der Waals surface area (Å²) >= 11 is 0. The maximum atomic E-state index is 13.4. The van der Waals surface area contributed by atoms with Crippen LogP contribution in [0.15, 0.2) is 18.2 Å². The minimum absolute atomic E-state index is 0.118. The van der Waals surface area contributed by atoms with Crippen LogP contribution in [0.3, 0.4) is 0 Å². The van der Waals surface area contributed by atoms with Gasteiger partial charge in [0.05, 0.1) is 24.4 Å². The fourth-order valence-electron chi connectivity index (χ4n) is 1.43. The molecular weight excluding hydrogens is 303 g/mol. The zero-order valence-corrected chi connectivity index (χ0v) is 11.9. The van der Waals surface area contributed by atoms with Crippen LogP contribution < -0.4 is 21.5 Å². The van der Waals surface area contributed by atoms with Gasteiger partial charge >= 0.3 is 0 Å². The average molecular weight is 318 g/mol. The number of halogens is 1. The molecule has 0 saturated carbocycles. The van der Waals surface area contributed by atoms with E-state index in [-0.39, 0.29) is 17.8 Å². The SMILES string of the molecule is CS(=O)(=O)Nc1cc(NC(=O)C(N)CC(N)=O)ccc1F. The molecule has 0 aliphatic carbocycles. The van der Waals surface area contributed by atoms with Crippen molar-refractivity contribution in [1.82, 2.24) is 0 Å². The minimum atomic E-state index is -3.67. The molecule has 116 valence electrons. The van der Waals surface area contributed by atoms with E-state index >= 15 is 0 Å². The van der Waals surface area contributed by atoms with Gasteiger partial charge in [0.2, 0.25) is 21.8 Å². The van der Waals surface area contributed by atoms with Gasteiger partial charge in [-0.2, -0.15) is 0 Å². The number of carbonyl (C=O) groups excluding carboxylic acids is 2. The lowest BCUT2D eigenvalue weighted by Crippen LogP contribution is -2.39. The van der Waals surface area contributed by atoms with Crippen LogP contribution in [-0.4, -0.2) is 32.5 Å². The van der Waals surface area contributed by atoms with E-state index in [4.69, 9.17) is 11.5 Å². The van der Waals surface area contributed by atoms with Crippen LogP contribution in [0.2, 0.25) is 0 Å². The number of nitrogens with one attached hydrogen (secondary N) is 2. The molecule has 0 aromatic heterocycles. The van der Waals surface area contributed by atoms with E-state index < -0.39 is 33.7 Å². The number of anilines is 2. The first-order valence-electron chi connectivity index (χ1n) is 5.70. The van der Waals surface area contributed by atoms with E-state index in [0.717, 1.165) is 18.4 Å². The summed E-state index contributed by atoms with van der Waals surface area (Å²) in [6.07, 6.45) is 0.516. The molecule has 0 saturated heterocycles. The number of benzene rings is 1. The highest BCUT2D eigenvalue weighted by Gasteiger charge is 2.17. The Hall–Kier alpha value is -2.20. The Morgan fingerprint density at radius 3 is 2.52 bits per heavy atom. The Morgan fingerprint density at radius 2 is 2.00 bits per heavy atom. The summed E-state index contributed by atoms with van der Waals surface area (Å²) in [5.74, 6) is -2.25.